The molecule has 0 bridgehead atoms. The van der Waals surface area contributed by atoms with E-state index in [1.54, 1.807) is 12.3 Å². The Balaban J connectivity index is 1.87. The van der Waals surface area contributed by atoms with Crippen molar-refractivity contribution in [2.45, 2.75) is 18.9 Å². The second-order valence-electron chi connectivity index (χ2n) is 4.88. The first kappa shape index (κ1) is 13.0. The maximum absolute atomic E-state index is 13.2. The van der Waals surface area contributed by atoms with E-state index in [4.69, 9.17) is 17.3 Å². The summed E-state index contributed by atoms with van der Waals surface area (Å²) in [7, 11) is 0. The van der Waals surface area contributed by atoms with Gasteiger partial charge in [-0.05, 0) is 37.1 Å². The monoisotopic (exact) mass is 293 g/mol. The standard InChI is InChI=1S/C14H13ClFN3O/c15-11-4-1-8(16)5-12(11)18-14(20)13-6-9(17)7-19(13)10-2-3-10/h1,4-7,10H,2-3,17H2,(H,18,20). The lowest BCUT2D eigenvalue weighted by atomic mass is 10.3. The van der Waals surface area contributed by atoms with Crippen LogP contribution in [0, 0.1) is 5.82 Å². The lowest BCUT2D eigenvalue weighted by Gasteiger charge is -2.09. The van der Waals surface area contributed by atoms with Gasteiger partial charge in [0.15, 0.2) is 0 Å². The van der Waals surface area contributed by atoms with E-state index in [2.05, 4.69) is 5.32 Å². The molecule has 1 aliphatic carbocycles. The summed E-state index contributed by atoms with van der Waals surface area (Å²) in [5.74, 6) is -0.803. The number of halogens is 2. The van der Waals surface area contributed by atoms with Crippen molar-refractivity contribution in [1.29, 1.82) is 0 Å². The first-order valence-electron chi connectivity index (χ1n) is 6.28. The van der Waals surface area contributed by atoms with Crippen LogP contribution < -0.4 is 11.1 Å². The maximum atomic E-state index is 13.2. The van der Waals surface area contributed by atoms with Crippen LogP contribution in [0.1, 0.15) is 29.4 Å². The molecule has 0 atom stereocenters. The molecule has 0 radical (unpaired) electrons. The molecule has 2 aromatic rings. The molecule has 20 heavy (non-hydrogen) atoms. The smallest absolute Gasteiger partial charge is 0.272 e. The number of carbonyl (C=O) groups is 1. The minimum atomic E-state index is -0.457. The SMILES string of the molecule is Nc1cc(C(=O)Nc2cc(F)ccc2Cl)n(C2CC2)c1. The normalized spacial score (nSPS) is 14.3. The van der Waals surface area contributed by atoms with E-state index in [1.807, 2.05) is 4.57 Å². The molecule has 1 aromatic carbocycles. The molecule has 3 N–H and O–H groups in total. The number of rotatable bonds is 3. The van der Waals surface area contributed by atoms with Crippen molar-refractivity contribution >= 4 is 28.9 Å². The van der Waals surface area contributed by atoms with Gasteiger partial charge >= 0.3 is 0 Å². The second kappa shape index (κ2) is 4.83. The lowest BCUT2D eigenvalue weighted by molar-refractivity contribution is 0.101. The summed E-state index contributed by atoms with van der Waals surface area (Å²) in [5, 5.41) is 2.91. The van der Waals surface area contributed by atoms with Crippen LogP contribution in [0.25, 0.3) is 0 Å². The number of nitrogens with zero attached hydrogens (tertiary/aromatic N) is 1. The topological polar surface area (TPSA) is 60.1 Å². The number of benzene rings is 1. The average molecular weight is 294 g/mol. The van der Waals surface area contributed by atoms with E-state index >= 15 is 0 Å². The van der Waals surface area contributed by atoms with Crippen LogP contribution in [0.3, 0.4) is 0 Å². The minimum absolute atomic E-state index is 0.249. The Bertz CT molecular complexity index is 679. The van der Waals surface area contributed by atoms with Gasteiger partial charge in [-0.15, -0.1) is 0 Å². The fourth-order valence-electron chi connectivity index (χ4n) is 2.12. The summed E-state index contributed by atoms with van der Waals surface area (Å²) in [4.78, 5) is 12.3. The first-order valence-corrected chi connectivity index (χ1v) is 6.66. The summed E-state index contributed by atoms with van der Waals surface area (Å²) in [6.45, 7) is 0. The molecule has 0 saturated heterocycles. The number of amides is 1. The Morgan fingerprint density at radius 1 is 1.40 bits per heavy atom. The lowest BCUT2D eigenvalue weighted by Crippen LogP contribution is -2.16. The van der Waals surface area contributed by atoms with Crippen LogP contribution in [0.2, 0.25) is 5.02 Å². The number of aromatic nitrogens is 1. The minimum Gasteiger partial charge on any atom is -0.397 e. The van der Waals surface area contributed by atoms with E-state index in [1.165, 1.54) is 18.2 Å². The third-order valence-corrected chi connectivity index (χ3v) is 3.55. The highest BCUT2D eigenvalue weighted by molar-refractivity contribution is 6.33. The van der Waals surface area contributed by atoms with Crippen molar-refractivity contribution in [3.8, 4) is 0 Å². The van der Waals surface area contributed by atoms with E-state index < -0.39 is 5.82 Å². The third-order valence-electron chi connectivity index (χ3n) is 3.22. The zero-order valence-corrected chi connectivity index (χ0v) is 11.3. The second-order valence-corrected chi connectivity index (χ2v) is 5.28. The molecule has 0 spiro atoms. The van der Waals surface area contributed by atoms with Gasteiger partial charge in [0, 0.05) is 12.2 Å². The number of nitrogens with two attached hydrogens (primary N) is 1. The molecule has 6 heteroatoms. The van der Waals surface area contributed by atoms with Gasteiger partial charge in [-0.2, -0.15) is 0 Å². The van der Waals surface area contributed by atoms with Crippen LogP contribution in [-0.4, -0.2) is 10.5 Å². The molecular formula is C14H13ClFN3O. The van der Waals surface area contributed by atoms with Gasteiger partial charge in [0.1, 0.15) is 11.5 Å². The molecule has 1 amide bonds. The molecule has 4 nitrogen and oxygen atoms in total. The van der Waals surface area contributed by atoms with Gasteiger partial charge in [0.05, 0.1) is 16.4 Å². The van der Waals surface area contributed by atoms with E-state index in [-0.39, 0.29) is 16.6 Å². The Hall–Kier alpha value is -2.01. The van der Waals surface area contributed by atoms with Crippen LogP contribution in [0.4, 0.5) is 15.8 Å². The molecule has 1 aliphatic rings. The zero-order valence-electron chi connectivity index (χ0n) is 10.6. The Morgan fingerprint density at radius 3 is 2.85 bits per heavy atom. The van der Waals surface area contributed by atoms with Gasteiger partial charge in [-0.3, -0.25) is 4.79 Å². The van der Waals surface area contributed by atoms with Crippen molar-refractivity contribution in [1.82, 2.24) is 4.57 Å². The molecule has 1 heterocycles. The summed E-state index contributed by atoms with van der Waals surface area (Å²) in [6.07, 6.45) is 3.82. The number of nitrogens with one attached hydrogen (secondary N) is 1. The molecular weight excluding hydrogens is 281 g/mol. The molecule has 0 aliphatic heterocycles. The molecule has 1 fully saturated rings. The summed E-state index contributed by atoms with van der Waals surface area (Å²) in [6, 6.07) is 5.77. The van der Waals surface area contributed by atoms with Crippen LogP contribution in [0.5, 0.6) is 0 Å². The zero-order chi connectivity index (χ0) is 14.3. The van der Waals surface area contributed by atoms with Crippen LogP contribution in [-0.2, 0) is 0 Å². The summed E-state index contributed by atoms with van der Waals surface area (Å²) >= 11 is 5.93. The summed E-state index contributed by atoms with van der Waals surface area (Å²) < 4.78 is 15.0. The fraction of sp³-hybridized carbons (Fsp3) is 0.214. The van der Waals surface area contributed by atoms with Crippen molar-refractivity contribution in [2.24, 2.45) is 0 Å². The van der Waals surface area contributed by atoms with Gasteiger partial charge in [0.25, 0.3) is 5.91 Å². The molecule has 3 rings (SSSR count). The predicted octanol–water partition coefficient (Wildman–Crippen LogP) is 3.45. The molecule has 0 unspecified atom stereocenters. The Morgan fingerprint density at radius 2 is 2.15 bits per heavy atom. The van der Waals surface area contributed by atoms with Gasteiger partial charge in [-0.25, -0.2) is 4.39 Å². The number of hydrogen-bond acceptors (Lipinski definition) is 2. The first-order chi connectivity index (χ1) is 9.54. The van der Waals surface area contributed by atoms with Gasteiger partial charge in [-0.1, -0.05) is 11.6 Å². The number of anilines is 2. The van der Waals surface area contributed by atoms with E-state index in [0.717, 1.165) is 12.8 Å². The van der Waals surface area contributed by atoms with E-state index in [9.17, 15) is 9.18 Å². The van der Waals surface area contributed by atoms with Crippen LogP contribution >= 0.6 is 11.6 Å². The highest BCUT2D eigenvalue weighted by atomic mass is 35.5. The van der Waals surface area contributed by atoms with Crippen LogP contribution in [0.15, 0.2) is 30.5 Å². The van der Waals surface area contributed by atoms with E-state index in [0.29, 0.717) is 17.4 Å². The maximum Gasteiger partial charge on any atom is 0.272 e. The highest BCUT2D eigenvalue weighted by Crippen LogP contribution is 2.37. The summed E-state index contributed by atoms with van der Waals surface area (Å²) in [5.41, 5.74) is 6.99. The molecule has 1 saturated carbocycles. The highest BCUT2D eigenvalue weighted by Gasteiger charge is 2.27. The molecule has 104 valence electrons. The van der Waals surface area contributed by atoms with Gasteiger partial charge in [0.2, 0.25) is 0 Å². The number of carbonyl (C=O) groups excluding carboxylic acids is 1. The van der Waals surface area contributed by atoms with Crippen molar-refractivity contribution < 1.29 is 9.18 Å². The van der Waals surface area contributed by atoms with Crippen molar-refractivity contribution in [2.75, 3.05) is 11.1 Å². The van der Waals surface area contributed by atoms with Crippen molar-refractivity contribution in [3.63, 3.8) is 0 Å². The largest absolute Gasteiger partial charge is 0.397 e. The third kappa shape index (κ3) is 2.49. The number of hydrogen-bond donors (Lipinski definition) is 2. The molecule has 1 aromatic heterocycles. The average Bonchev–Trinajstić information content (AvgIpc) is 3.17. The van der Waals surface area contributed by atoms with Crippen molar-refractivity contribution in [3.05, 3.63) is 47.0 Å². The predicted molar refractivity (Wildman–Crippen MR) is 76.5 cm³/mol. The fourth-order valence-corrected chi connectivity index (χ4v) is 2.28. The quantitative estimate of drug-likeness (QED) is 0.910. The number of nitrogen functional groups attached to an aromatic ring is 1. The Kier molecular flexibility index (Phi) is 3.14. The van der Waals surface area contributed by atoms with Gasteiger partial charge < -0.3 is 15.6 Å². The Labute approximate surface area is 120 Å².